The van der Waals surface area contributed by atoms with Gasteiger partial charge in [0.1, 0.15) is 5.70 Å². The van der Waals surface area contributed by atoms with E-state index in [-0.39, 0.29) is 17.6 Å². The number of aromatic nitrogens is 4. The average molecular weight is 416 g/mol. The van der Waals surface area contributed by atoms with Gasteiger partial charge in [0.25, 0.3) is 5.91 Å². The minimum absolute atomic E-state index is 0.0913. The van der Waals surface area contributed by atoms with Gasteiger partial charge in [-0.1, -0.05) is 25.6 Å². The van der Waals surface area contributed by atoms with Crippen LogP contribution in [0.3, 0.4) is 0 Å². The maximum absolute atomic E-state index is 13.1. The predicted molar refractivity (Wildman–Crippen MR) is 114 cm³/mol. The van der Waals surface area contributed by atoms with E-state index in [2.05, 4.69) is 20.5 Å². The summed E-state index contributed by atoms with van der Waals surface area (Å²) in [6, 6.07) is 0. The summed E-state index contributed by atoms with van der Waals surface area (Å²) in [4.78, 5) is 31.3. The maximum Gasteiger partial charge on any atom is 0.283 e. The molecule has 9 nitrogen and oxygen atoms in total. The fraction of sp³-hybridized carbons (Fsp3) is 0.421. The topological polar surface area (TPSA) is 97.4 Å². The van der Waals surface area contributed by atoms with Gasteiger partial charge in [-0.25, -0.2) is 4.99 Å². The third kappa shape index (κ3) is 4.94. The second kappa shape index (κ2) is 8.64. The first-order valence-corrected chi connectivity index (χ1v) is 10.3. The fourth-order valence-corrected chi connectivity index (χ4v) is 3.62. The molecule has 2 aromatic rings. The molecule has 0 saturated carbocycles. The molecule has 3 heterocycles. The monoisotopic (exact) mass is 415 g/mol. The third-order valence-electron chi connectivity index (χ3n) is 4.13. The number of carbonyl (C=O) groups is 2. The number of amides is 2. The van der Waals surface area contributed by atoms with Crippen molar-refractivity contribution in [3.63, 3.8) is 0 Å². The van der Waals surface area contributed by atoms with Crippen LogP contribution in [-0.4, -0.2) is 48.8 Å². The lowest BCUT2D eigenvalue weighted by Crippen LogP contribution is -2.33. The van der Waals surface area contributed by atoms with E-state index >= 15 is 0 Å². The number of aryl methyl sites for hydroxylation is 3. The minimum Gasteiger partial charge on any atom is -0.355 e. The van der Waals surface area contributed by atoms with Crippen molar-refractivity contribution in [1.82, 2.24) is 24.9 Å². The predicted octanol–water partition coefficient (Wildman–Crippen LogP) is 1.71. The molecule has 0 unspecified atom stereocenters. The summed E-state index contributed by atoms with van der Waals surface area (Å²) in [7, 11) is 3.61. The Morgan fingerprint density at radius 2 is 2.03 bits per heavy atom. The number of hydrogen-bond donors (Lipinski definition) is 1. The molecule has 0 spiro atoms. The zero-order chi connectivity index (χ0) is 21.1. The van der Waals surface area contributed by atoms with Crippen molar-refractivity contribution in [3.8, 4) is 0 Å². The van der Waals surface area contributed by atoms with E-state index in [1.54, 1.807) is 41.1 Å². The van der Waals surface area contributed by atoms with Crippen LogP contribution in [0, 0.1) is 12.8 Å². The van der Waals surface area contributed by atoms with Gasteiger partial charge in [0.2, 0.25) is 5.91 Å². The molecule has 10 heteroatoms. The Morgan fingerprint density at radius 3 is 2.62 bits per heavy atom. The summed E-state index contributed by atoms with van der Waals surface area (Å²) < 4.78 is 3.31. The van der Waals surface area contributed by atoms with Gasteiger partial charge in [-0.2, -0.15) is 10.2 Å². The van der Waals surface area contributed by atoms with Crippen LogP contribution in [0.2, 0.25) is 0 Å². The van der Waals surface area contributed by atoms with E-state index in [0.29, 0.717) is 34.7 Å². The van der Waals surface area contributed by atoms with Gasteiger partial charge in [-0.05, 0) is 18.9 Å². The second-order valence-corrected chi connectivity index (χ2v) is 8.21. The molecule has 0 aromatic carbocycles. The average Bonchev–Trinajstić information content (AvgIpc) is 3.29. The van der Waals surface area contributed by atoms with Crippen molar-refractivity contribution >= 4 is 40.5 Å². The number of hydrogen-bond acceptors (Lipinski definition) is 6. The van der Waals surface area contributed by atoms with E-state index in [1.165, 1.54) is 16.7 Å². The summed E-state index contributed by atoms with van der Waals surface area (Å²) in [6.07, 6.45) is 6.94. The van der Waals surface area contributed by atoms with Crippen LogP contribution in [0.15, 0.2) is 29.3 Å². The molecule has 1 aliphatic heterocycles. The number of anilines is 1. The van der Waals surface area contributed by atoms with Crippen molar-refractivity contribution in [2.45, 2.75) is 20.8 Å². The highest BCUT2D eigenvalue weighted by Gasteiger charge is 2.34. The van der Waals surface area contributed by atoms with E-state index in [0.717, 1.165) is 5.56 Å². The molecule has 1 aliphatic rings. The molecule has 0 atom stereocenters. The van der Waals surface area contributed by atoms with Crippen molar-refractivity contribution in [2.75, 3.05) is 17.2 Å². The number of carbonyl (C=O) groups excluding carboxylic acids is 2. The first-order valence-electron chi connectivity index (χ1n) is 9.28. The molecule has 0 saturated heterocycles. The second-order valence-electron chi connectivity index (χ2n) is 7.27. The Bertz CT molecular complexity index is 987. The summed E-state index contributed by atoms with van der Waals surface area (Å²) in [5, 5.41) is 11.8. The number of amidine groups is 1. The van der Waals surface area contributed by atoms with Crippen LogP contribution in [0.25, 0.3) is 6.08 Å². The van der Waals surface area contributed by atoms with E-state index < -0.39 is 0 Å². The number of rotatable bonds is 6. The summed E-state index contributed by atoms with van der Waals surface area (Å²) in [5.74, 6) is 0.203. The lowest BCUT2D eigenvalue weighted by atomic mass is 10.2. The Labute approximate surface area is 173 Å². The highest BCUT2D eigenvalue weighted by molar-refractivity contribution is 8.14. The number of nitrogens with zero attached hydrogens (tertiary/aromatic N) is 6. The lowest BCUT2D eigenvalue weighted by molar-refractivity contribution is -0.118. The smallest absolute Gasteiger partial charge is 0.283 e. The fourth-order valence-electron chi connectivity index (χ4n) is 2.78. The molecule has 154 valence electrons. The van der Waals surface area contributed by atoms with E-state index in [4.69, 9.17) is 0 Å². The largest absolute Gasteiger partial charge is 0.355 e. The van der Waals surface area contributed by atoms with E-state index in [9.17, 15) is 9.59 Å². The molecule has 2 amide bonds. The van der Waals surface area contributed by atoms with Crippen molar-refractivity contribution in [2.24, 2.45) is 25.0 Å². The molecule has 0 radical (unpaired) electrons. The normalized spacial score (nSPS) is 15.5. The molecule has 0 aliphatic carbocycles. The van der Waals surface area contributed by atoms with Gasteiger partial charge < -0.3 is 5.32 Å². The van der Waals surface area contributed by atoms with Crippen LogP contribution in [0.5, 0.6) is 0 Å². The van der Waals surface area contributed by atoms with Crippen molar-refractivity contribution in [1.29, 1.82) is 0 Å². The first-order chi connectivity index (χ1) is 13.7. The van der Waals surface area contributed by atoms with Crippen molar-refractivity contribution in [3.05, 3.63) is 35.5 Å². The molecule has 1 N–H and O–H groups in total. The number of thioether (sulfide) groups is 1. The quantitative estimate of drug-likeness (QED) is 0.725. The minimum atomic E-state index is -0.255. The molecule has 2 aromatic heterocycles. The van der Waals surface area contributed by atoms with Gasteiger partial charge in [0.05, 0.1) is 23.3 Å². The molecule has 0 fully saturated rings. The van der Waals surface area contributed by atoms with Gasteiger partial charge in [-0.15, -0.1) is 0 Å². The summed E-state index contributed by atoms with van der Waals surface area (Å²) in [5.41, 5.74) is 2.44. The lowest BCUT2D eigenvalue weighted by Gasteiger charge is -2.16. The summed E-state index contributed by atoms with van der Waals surface area (Å²) >= 11 is 1.23. The van der Waals surface area contributed by atoms with Crippen molar-refractivity contribution < 1.29 is 9.59 Å². The number of nitrogens with one attached hydrogen (secondary N) is 1. The molecular weight excluding hydrogens is 390 g/mol. The van der Waals surface area contributed by atoms with Gasteiger partial charge >= 0.3 is 0 Å². The zero-order valence-corrected chi connectivity index (χ0v) is 18.0. The Kier molecular flexibility index (Phi) is 6.21. The highest BCUT2D eigenvalue weighted by Crippen LogP contribution is 2.30. The van der Waals surface area contributed by atoms with Crippen LogP contribution >= 0.6 is 11.8 Å². The Morgan fingerprint density at radius 1 is 1.28 bits per heavy atom. The van der Waals surface area contributed by atoms with Crippen LogP contribution in [0.1, 0.15) is 25.1 Å². The van der Waals surface area contributed by atoms with Crippen LogP contribution in [-0.2, 0) is 23.7 Å². The molecular formula is C19H25N7O2S. The van der Waals surface area contributed by atoms with Gasteiger partial charge in [0, 0.05) is 38.6 Å². The first kappa shape index (κ1) is 20.8. The maximum atomic E-state index is 13.1. The van der Waals surface area contributed by atoms with Gasteiger partial charge in [0.15, 0.2) is 5.17 Å². The highest BCUT2D eigenvalue weighted by atomic mass is 32.2. The number of aliphatic imine (C=N–C) groups is 1. The standard InChI is InChI=1S/C19H25N7O2S/c1-12(2)7-20-17(27)11-29-19-22-15(6-14-8-21-24(4)9-14)18(28)26(19)16-10-25(5)23-13(16)3/h6,8-10,12H,7,11H2,1-5H3,(H,20,27)/b15-6-. The van der Waals surface area contributed by atoms with Gasteiger partial charge in [-0.3, -0.25) is 23.9 Å². The molecule has 29 heavy (non-hydrogen) atoms. The Hall–Kier alpha value is -2.88. The summed E-state index contributed by atoms with van der Waals surface area (Å²) in [6.45, 7) is 6.52. The zero-order valence-electron chi connectivity index (χ0n) is 17.2. The van der Waals surface area contributed by atoms with E-state index in [1.807, 2.05) is 27.8 Å². The molecule has 3 rings (SSSR count). The Balaban J connectivity index is 1.86. The molecule has 0 bridgehead atoms. The van der Waals surface area contributed by atoms with Crippen LogP contribution in [0.4, 0.5) is 5.69 Å². The van der Waals surface area contributed by atoms with Crippen LogP contribution < -0.4 is 10.2 Å². The SMILES string of the molecule is Cc1nn(C)cc1N1C(=O)/C(=C/c2cnn(C)c2)N=C1SCC(=O)NCC(C)C. The third-order valence-corrected chi connectivity index (χ3v) is 5.06.